The molecule has 3 aromatic rings. The summed E-state index contributed by atoms with van der Waals surface area (Å²) >= 11 is 0. The van der Waals surface area contributed by atoms with Gasteiger partial charge in [0.2, 0.25) is 0 Å². The van der Waals surface area contributed by atoms with E-state index in [0.29, 0.717) is 23.4 Å². The Morgan fingerprint density at radius 2 is 2.07 bits per heavy atom. The highest BCUT2D eigenvalue weighted by Gasteiger charge is 2.38. The van der Waals surface area contributed by atoms with Crippen LogP contribution in [0.2, 0.25) is 0 Å². The van der Waals surface area contributed by atoms with Crippen LogP contribution in [0.25, 0.3) is 11.3 Å². The number of aromatic amines is 1. The summed E-state index contributed by atoms with van der Waals surface area (Å²) in [5, 5.41) is 9.59. The average molecular weight is 366 g/mol. The van der Waals surface area contributed by atoms with Crippen molar-refractivity contribution in [2.45, 2.75) is 12.5 Å². The van der Waals surface area contributed by atoms with Crippen molar-refractivity contribution in [1.82, 2.24) is 19.9 Å². The molecule has 8 heteroatoms. The van der Waals surface area contributed by atoms with Crippen molar-refractivity contribution < 1.29 is 19.1 Å². The Labute approximate surface area is 153 Å². The SMILES string of the molecule is O=C(O)[C@@H]1c2nc[nH]c2CCN1C(=O)c1ccc(-c2cccc(F)c2)nc1. The van der Waals surface area contributed by atoms with Crippen LogP contribution in [0.5, 0.6) is 0 Å². The number of aromatic nitrogens is 3. The highest BCUT2D eigenvalue weighted by Crippen LogP contribution is 2.29. The Balaban J connectivity index is 1.62. The summed E-state index contributed by atoms with van der Waals surface area (Å²) in [5.41, 5.74) is 2.46. The van der Waals surface area contributed by atoms with Crippen LogP contribution in [0, 0.1) is 5.82 Å². The van der Waals surface area contributed by atoms with Crippen molar-refractivity contribution >= 4 is 11.9 Å². The molecule has 1 aliphatic heterocycles. The van der Waals surface area contributed by atoms with Crippen molar-refractivity contribution in [2.24, 2.45) is 0 Å². The number of halogens is 1. The summed E-state index contributed by atoms with van der Waals surface area (Å²) in [6, 6.07) is 8.03. The molecule has 3 heterocycles. The van der Waals surface area contributed by atoms with Crippen molar-refractivity contribution in [3.05, 3.63) is 71.7 Å². The lowest BCUT2D eigenvalue weighted by atomic mass is 10.0. The van der Waals surface area contributed by atoms with Crippen LogP contribution in [0.1, 0.15) is 27.8 Å². The van der Waals surface area contributed by atoms with E-state index in [2.05, 4.69) is 15.0 Å². The van der Waals surface area contributed by atoms with Gasteiger partial charge in [0, 0.05) is 30.4 Å². The second-order valence-electron chi connectivity index (χ2n) is 6.20. The fraction of sp³-hybridized carbons (Fsp3) is 0.158. The molecule has 2 N–H and O–H groups in total. The highest BCUT2D eigenvalue weighted by molar-refractivity contribution is 5.97. The number of pyridine rings is 1. The van der Waals surface area contributed by atoms with E-state index in [1.54, 1.807) is 24.3 Å². The zero-order chi connectivity index (χ0) is 19.0. The molecule has 136 valence electrons. The predicted molar refractivity (Wildman–Crippen MR) is 93.3 cm³/mol. The van der Waals surface area contributed by atoms with Crippen LogP contribution in [0.15, 0.2) is 48.9 Å². The molecular formula is C19H15FN4O3. The van der Waals surface area contributed by atoms with E-state index in [4.69, 9.17) is 0 Å². The number of benzene rings is 1. The number of imidazole rings is 1. The fourth-order valence-corrected chi connectivity index (χ4v) is 3.25. The molecule has 0 saturated carbocycles. The van der Waals surface area contributed by atoms with Gasteiger partial charge in [-0.1, -0.05) is 12.1 Å². The number of carbonyl (C=O) groups is 2. The Morgan fingerprint density at radius 1 is 1.22 bits per heavy atom. The second-order valence-corrected chi connectivity index (χ2v) is 6.20. The van der Waals surface area contributed by atoms with Crippen molar-refractivity contribution in [2.75, 3.05) is 6.54 Å². The molecule has 7 nitrogen and oxygen atoms in total. The first-order valence-electron chi connectivity index (χ1n) is 8.32. The molecule has 0 unspecified atom stereocenters. The maximum atomic E-state index is 13.4. The molecule has 0 aliphatic carbocycles. The van der Waals surface area contributed by atoms with Crippen LogP contribution < -0.4 is 0 Å². The van der Waals surface area contributed by atoms with Gasteiger partial charge in [-0.15, -0.1) is 0 Å². The van der Waals surface area contributed by atoms with Gasteiger partial charge >= 0.3 is 5.97 Å². The molecule has 1 amide bonds. The Hall–Kier alpha value is -3.55. The van der Waals surface area contributed by atoms with Crippen LogP contribution >= 0.6 is 0 Å². The largest absolute Gasteiger partial charge is 0.479 e. The maximum Gasteiger partial charge on any atom is 0.332 e. The molecule has 2 aromatic heterocycles. The summed E-state index contributed by atoms with van der Waals surface area (Å²) in [6.07, 6.45) is 3.31. The van der Waals surface area contributed by atoms with E-state index in [9.17, 15) is 19.1 Å². The predicted octanol–water partition coefficient (Wildman–Crippen LogP) is 2.44. The van der Waals surface area contributed by atoms with Crippen LogP contribution in [-0.4, -0.2) is 43.4 Å². The average Bonchev–Trinajstić information content (AvgIpc) is 3.15. The molecule has 0 bridgehead atoms. The van der Waals surface area contributed by atoms with Gasteiger partial charge in [0.15, 0.2) is 6.04 Å². The smallest absolute Gasteiger partial charge is 0.332 e. The lowest BCUT2D eigenvalue weighted by Gasteiger charge is -2.32. The first kappa shape index (κ1) is 16.9. The highest BCUT2D eigenvalue weighted by atomic mass is 19.1. The van der Waals surface area contributed by atoms with Crippen molar-refractivity contribution in [1.29, 1.82) is 0 Å². The molecule has 1 aromatic carbocycles. The summed E-state index contributed by atoms with van der Waals surface area (Å²) < 4.78 is 13.4. The van der Waals surface area contributed by atoms with E-state index >= 15 is 0 Å². The van der Waals surface area contributed by atoms with Gasteiger partial charge in [0.25, 0.3) is 5.91 Å². The number of hydrogen-bond acceptors (Lipinski definition) is 4. The molecule has 27 heavy (non-hydrogen) atoms. The first-order valence-corrected chi connectivity index (χ1v) is 8.32. The second kappa shape index (κ2) is 6.64. The number of nitrogens with one attached hydrogen (secondary N) is 1. The Morgan fingerprint density at radius 3 is 2.78 bits per heavy atom. The minimum absolute atomic E-state index is 0.261. The topological polar surface area (TPSA) is 99.2 Å². The van der Waals surface area contributed by atoms with Crippen molar-refractivity contribution in [3.63, 3.8) is 0 Å². The maximum absolute atomic E-state index is 13.4. The fourth-order valence-electron chi connectivity index (χ4n) is 3.25. The molecule has 0 saturated heterocycles. The summed E-state index contributed by atoms with van der Waals surface area (Å²) in [5.74, 6) is -1.95. The first-order chi connectivity index (χ1) is 13.0. The van der Waals surface area contributed by atoms with Gasteiger partial charge in [0.1, 0.15) is 5.82 Å². The summed E-state index contributed by atoms with van der Waals surface area (Å²) in [6.45, 7) is 0.261. The number of aliphatic carboxylic acids is 1. The molecule has 1 atom stereocenters. The number of hydrogen-bond donors (Lipinski definition) is 2. The standard InChI is InChI=1S/C19H15FN4O3/c20-13-3-1-2-11(8-13)14-5-4-12(9-21-14)18(25)24-7-6-15-16(23-10-22-15)17(24)19(26)27/h1-5,8-10,17H,6-7H2,(H,22,23)(H,26,27)/t17-/m0/s1. The summed E-state index contributed by atoms with van der Waals surface area (Å²) in [4.78, 5) is 37.1. The third-order valence-electron chi connectivity index (χ3n) is 4.55. The van der Waals surface area contributed by atoms with Gasteiger partial charge in [-0.05, 0) is 24.3 Å². The van der Waals surface area contributed by atoms with Gasteiger partial charge in [0.05, 0.1) is 23.3 Å². The third-order valence-corrected chi connectivity index (χ3v) is 4.55. The Bertz CT molecular complexity index is 1020. The van der Waals surface area contributed by atoms with Crippen LogP contribution in [0.4, 0.5) is 4.39 Å². The number of rotatable bonds is 3. The van der Waals surface area contributed by atoms with E-state index in [0.717, 1.165) is 5.69 Å². The molecule has 0 spiro atoms. The number of carboxylic acids is 1. The molecular weight excluding hydrogens is 351 g/mol. The normalized spacial score (nSPS) is 16.0. The molecule has 4 rings (SSSR count). The van der Waals surface area contributed by atoms with Gasteiger partial charge in [-0.3, -0.25) is 9.78 Å². The minimum atomic E-state index is -1.14. The van der Waals surface area contributed by atoms with Gasteiger partial charge in [-0.25, -0.2) is 14.2 Å². The van der Waals surface area contributed by atoms with E-state index in [1.165, 1.54) is 29.6 Å². The number of fused-ring (bicyclic) bond motifs is 1. The lowest BCUT2D eigenvalue weighted by molar-refractivity contribution is -0.143. The monoisotopic (exact) mass is 366 g/mol. The summed E-state index contributed by atoms with van der Waals surface area (Å²) in [7, 11) is 0. The lowest BCUT2D eigenvalue weighted by Crippen LogP contribution is -2.43. The van der Waals surface area contributed by atoms with Crippen molar-refractivity contribution in [3.8, 4) is 11.3 Å². The van der Waals surface area contributed by atoms with Crippen LogP contribution in [-0.2, 0) is 11.2 Å². The number of H-pyrrole nitrogens is 1. The zero-order valence-electron chi connectivity index (χ0n) is 14.1. The quantitative estimate of drug-likeness (QED) is 0.742. The number of amides is 1. The number of carboxylic acid groups (broad SMARTS) is 1. The molecule has 0 fully saturated rings. The minimum Gasteiger partial charge on any atom is -0.479 e. The van der Waals surface area contributed by atoms with Gasteiger partial charge in [-0.2, -0.15) is 0 Å². The molecule has 0 radical (unpaired) electrons. The number of carbonyl (C=O) groups excluding carboxylic acids is 1. The number of nitrogens with zero attached hydrogens (tertiary/aromatic N) is 3. The molecule has 1 aliphatic rings. The third kappa shape index (κ3) is 3.05. The van der Waals surface area contributed by atoms with E-state index in [-0.39, 0.29) is 17.9 Å². The van der Waals surface area contributed by atoms with E-state index < -0.39 is 17.9 Å². The zero-order valence-corrected chi connectivity index (χ0v) is 14.1. The van der Waals surface area contributed by atoms with E-state index in [1.807, 2.05) is 0 Å². The van der Waals surface area contributed by atoms with Gasteiger partial charge < -0.3 is 15.0 Å². The Kier molecular flexibility index (Phi) is 4.15. The van der Waals surface area contributed by atoms with Crippen LogP contribution in [0.3, 0.4) is 0 Å².